The average molecular weight is 490 g/mol. The Balaban J connectivity index is 1.37. The van der Waals surface area contributed by atoms with Gasteiger partial charge in [-0.2, -0.15) is 0 Å². The highest BCUT2D eigenvalue weighted by atomic mass is 16.2. The Labute approximate surface area is 212 Å². The Bertz CT molecular complexity index is 1120. The van der Waals surface area contributed by atoms with E-state index < -0.39 is 0 Å². The minimum Gasteiger partial charge on any atom is -0.369 e. The molecule has 1 aliphatic carbocycles. The summed E-state index contributed by atoms with van der Waals surface area (Å²) in [5.41, 5.74) is 2.59. The van der Waals surface area contributed by atoms with Crippen LogP contribution in [0.25, 0.3) is 0 Å². The van der Waals surface area contributed by atoms with Crippen LogP contribution in [-0.4, -0.2) is 85.4 Å². The summed E-state index contributed by atoms with van der Waals surface area (Å²) in [7, 11) is 3.51. The third-order valence-electron chi connectivity index (χ3n) is 7.44. The molecule has 190 valence electrons. The Morgan fingerprint density at radius 1 is 0.861 bits per heavy atom. The molecular weight excluding hydrogens is 454 g/mol. The SMILES string of the molecule is CN(C)C(=O)N1CCN(C(=O)c2ccccc2N2CCC(NC(=O)C3CC3)C2)C(c2ccccc2)C1. The van der Waals surface area contributed by atoms with Gasteiger partial charge >= 0.3 is 6.03 Å². The Kier molecular flexibility index (Phi) is 6.85. The van der Waals surface area contributed by atoms with Crippen molar-refractivity contribution < 1.29 is 14.4 Å². The molecule has 3 aliphatic rings. The maximum absolute atomic E-state index is 14.0. The molecule has 2 saturated heterocycles. The van der Waals surface area contributed by atoms with Crippen LogP contribution >= 0.6 is 0 Å². The molecule has 1 N–H and O–H groups in total. The van der Waals surface area contributed by atoms with E-state index in [0.29, 0.717) is 31.7 Å². The maximum Gasteiger partial charge on any atom is 0.319 e. The molecule has 2 heterocycles. The van der Waals surface area contributed by atoms with Gasteiger partial charge in [-0.25, -0.2) is 4.79 Å². The third-order valence-corrected chi connectivity index (χ3v) is 7.44. The number of nitrogens with zero attached hydrogens (tertiary/aromatic N) is 4. The van der Waals surface area contributed by atoms with Gasteiger partial charge in [0.15, 0.2) is 0 Å². The van der Waals surface area contributed by atoms with Crippen molar-refractivity contribution in [1.29, 1.82) is 0 Å². The molecule has 0 bridgehead atoms. The molecule has 0 spiro atoms. The van der Waals surface area contributed by atoms with Crippen molar-refractivity contribution in [2.45, 2.75) is 31.3 Å². The summed E-state index contributed by atoms with van der Waals surface area (Å²) in [6.45, 7) is 2.91. The first kappa shape index (κ1) is 24.2. The number of piperazine rings is 1. The van der Waals surface area contributed by atoms with E-state index in [0.717, 1.165) is 37.1 Å². The zero-order chi connectivity index (χ0) is 25.2. The Morgan fingerprint density at radius 3 is 2.31 bits per heavy atom. The van der Waals surface area contributed by atoms with Gasteiger partial charge in [0.05, 0.1) is 11.6 Å². The lowest BCUT2D eigenvalue weighted by Gasteiger charge is -2.42. The number of hydrogen-bond donors (Lipinski definition) is 1. The van der Waals surface area contributed by atoms with Crippen molar-refractivity contribution in [1.82, 2.24) is 20.0 Å². The molecule has 1 saturated carbocycles. The highest BCUT2D eigenvalue weighted by molar-refractivity contribution is 6.00. The summed E-state index contributed by atoms with van der Waals surface area (Å²) in [6.07, 6.45) is 2.87. The first-order valence-corrected chi connectivity index (χ1v) is 12.9. The van der Waals surface area contributed by atoms with Crippen LogP contribution in [0.5, 0.6) is 0 Å². The predicted octanol–water partition coefficient (Wildman–Crippen LogP) is 2.97. The second-order valence-electron chi connectivity index (χ2n) is 10.3. The summed E-state index contributed by atoms with van der Waals surface area (Å²) < 4.78 is 0. The smallest absolute Gasteiger partial charge is 0.319 e. The van der Waals surface area contributed by atoms with Gasteiger partial charge in [-0.05, 0) is 37.0 Å². The number of benzene rings is 2. The lowest BCUT2D eigenvalue weighted by molar-refractivity contribution is -0.122. The van der Waals surface area contributed by atoms with Crippen molar-refractivity contribution in [3.63, 3.8) is 0 Å². The molecule has 0 aromatic heterocycles. The zero-order valence-electron chi connectivity index (χ0n) is 21.1. The summed E-state index contributed by atoms with van der Waals surface area (Å²) in [5, 5.41) is 3.19. The number of carbonyl (C=O) groups is 3. The molecule has 4 amide bonds. The van der Waals surface area contributed by atoms with Gasteiger partial charge in [-0.15, -0.1) is 0 Å². The fraction of sp³-hybridized carbons (Fsp3) is 0.464. The van der Waals surface area contributed by atoms with E-state index >= 15 is 0 Å². The fourth-order valence-corrected chi connectivity index (χ4v) is 5.29. The van der Waals surface area contributed by atoms with E-state index in [9.17, 15) is 14.4 Å². The van der Waals surface area contributed by atoms with Crippen molar-refractivity contribution in [2.75, 3.05) is 51.7 Å². The largest absolute Gasteiger partial charge is 0.369 e. The highest BCUT2D eigenvalue weighted by Crippen LogP contribution is 2.32. The van der Waals surface area contributed by atoms with Crippen LogP contribution in [0, 0.1) is 5.92 Å². The zero-order valence-corrected chi connectivity index (χ0v) is 21.1. The van der Waals surface area contributed by atoms with Crippen LogP contribution in [0.1, 0.15) is 41.2 Å². The van der Waals surface area contributed by atoms with Gasteiger partial charge in [0, 0.05) is 64.5 Å². The number of carbonyl (C=O) groups excluding carboxylic acids is 3. The van der Waals surface area contributed by atoms with Gasteiger partial charge < -0.3 is 24.9 Å². The van der Waals surface area contributed by atoms with Gasteiger partial charge in [-0.1, -0.05) is 42.5 Å². The molecule has 8 heteroatoms. The lowest BCUT2D eigenvalue weighted by Crippen LogP contribution is -2.54. The highest BCUT2D eigenvalue weighted by Gasteiger charge is 2.37. The van der Waals surface area contributed by atoms with E-state index in [1.165, 1.54) is 0 Å². The number of amides is 4. The van der Waals surface area contributed by atoms with Crippen LogP contribution in [0.4, 0.5) is 10.5 Å². The summed E-state index contributed by atoms with van der Waals surface area (Å²) in [5.74, 6) is 0.338. The van der Waals surface area contributed by atoms with E-state index in [-0.39, 0.29) is 35.8 Å². The van der Waals surface area contributed by atoms with Gasteiger partial charge in [0.1, 0.15) is 0 Å². The second-order valence-corrected chi connectivity index (χ2v) is 10.3. The number of anilines is 1. The molecule has 2 aromatic rings. The van der Waals surface area contributed by atoms with E-state index in [1.807, 2.05) is 64.4 Å². The molecule has 2 atom stereocenters. The standard InChI is InChI=1S/C28H35N5O3/c1-30(2)28(36)32-16-17-33(25(19-32)20-8-4-3-5-9-20)27(35)23-10-6-7-11-24(23)31-15-14-22(18-31)29-26(34)21-12-13-21/h3-11,21-22,25H,12-19H2,1-2H3,(H,29,34). The number of urea groups is 1. The normalized spacial score (nSPS) is 21.9. The van der Waals surface area contributed by atoms with Crippen molar-refractivity contribution in [2.24, 2.45) is 5.92 Å². The maximum atomic E-state index is 14.0. The summed E-state index contributed by atoms with van der Waals surface area (Å²) in [6, 6.07) is 17.6. The van der Waals surface area contributed by atoms with Crippen LogP contribution in [0.3, 0.4) is 0 Å². The van der Waals surface area contributed by atoms with Crippen molar-refractivity contribution in [3.05, 3.63) is 65.7 Å². The van der Waals surface area contributed by atoms with Crippen molar-refractivity contribution >= 4 is 23.5 Å². The van der Waals surface area contributed by atoms with E-state index in [2.05, 4.69) is 10.2 Å². The molecule has 2 unspecified atom stereocenters. The monoisotopic (exact) mass is 489 g/mol. The molecule has 36 heavy (non-hydrogen) atoms. The Hall–Kier alpha value is -3.55. The summed E-state index contributed by atoms with van der Waals surface area (Å²) in [4.78, 5) is 46.5. The van der Waals surface area contributed by atoms with Crippen LogP contribution in [0.15, 0.2) is 54.6 Å². The average Bonchev–Trinajstić information content (AvgIpc) is 3.67. The minimum atomic E-state index is -0.228. The predicted molar refractivity (Wildman–Crippen MR) is 139 cm³/mol. The molecule has 3 fully saturated rings. The second kappa shape index (κ2) is 10.2. The molecule has 8 nitrogen and oxygen atoms in total. The molecule has 2 aromatic carbocycles. The quantitative estimate of drug-likeness (QED) is 0.701. The topological polar surface area (TPSA) is 76.2 Å². The van der Waals surface area contributed by atoms with Gasteiger partial charge in [-0.3, -0.25) is 9.59 Å². The molecule has 2 aliphatic heterocycles. The first-order valence-electron chi connectivity index (χ1n) is 12.9. The number of rotatable bonds is 5. The number of hydrogen-bond acceptors (Lipinski definition) is 4. The number of para-hydroxylation sites is 1. The minimum absolute atomic E-state index is 0.0260. The van der Waals surface area contributed by atoms with Crippen LogP contribution in [0.2, 0.25) is 0 Å². The van der Waals surface area contributed by atoms with Crippen LogP contribution < -0.4 is 10.2 Å². The Morgan fingerprint density at radius 2 is 1.58 bits per heavy atom. The molecule has 5 rings (SSSR count). The summed E-state index contributed by atoms with van der Waals surface area (Å²) >= 11 is 0. The van der Waals surface area contributed by atoms with Crippen LogP contribution in [-0.2, 0) is 4.79 Å². The molecular formula is C28H35N5O3. The third kappa shape index (κ3) is 5.03. The fourth-order valence-electron chi connectivity index (χ4n) is 5.29. The lowest BCUT2D eigenvalue weighted by atomic mass is 10.0. The molecule has 0 radical (unpaired) electrons. The van der Waals surface area contributed by atoms with E-state index in [1.54, 1.807) is 19.0 Å². The van der Waals surface area contributed by atoms with Crippen molar-refractivity contribution in [3.8, 4) is 0 Å². The number of nitrogens with one attached hydrogen (secondary N) is 1. The van der Waals surface area contributed by atoms with Gasteiger partial charge in [0.25, 0.3) is 5.91 Å². The first-order chi connectivity index (χ1) is 17.4. The van der Waals surface area contributed by atoms with E-state index in [4.69, 9.17) is 0 Å². The van der Waals surface area contributed by atoms with Gasteiger partial charge in [0.2, 0.25) is 5.91 Å².